The highest BCUT2D eigenvalue weighted by Gasteiger charge is 2.36. The van der Waals surface area contributed by atoms with Gasteiger partial charge in [0.2, 0.25) is 5.91 Å². The molecule has 6 rings (SSSR count). The molecule has 0 aromatic heterocycles. The van der Waals surface area contributed by atoms with Crippen LogP contribution in [0.3, 0.4) is 0 Å². The number of nitrogens with one attached hydrogen (secondary N) is 2. The molecule has 0 spiro atoms. The van der Waals surface area contributed by atoms with E-state index in [4.69, 9.17) is 11.6 Å². The van der Waals surface area contributed by atoms with Crippen molar-refractivity contribution in [1.29, 1.82) is 0 Å². The van der Waals surface area contributed by atoms with E-state index in [-0.39, 0.29) is 23.8 Å². The normalized spacial score (nSPS) is 20.6. The van der Waals surface area contributed by atoms with Crippen LogP contribution in [0.2, 0.25) is 5.02 Å². The maximum Gasteiger partial charge on any atom is 0.253 e. The number of benzene rings is 3. The quantitative estimate of drug-likeness (QED) is 0.333. The number of halogens is 1. The Labute approximate surface area is 266 Å². The van der Waals surface area contributed by atoms with E-state index < -0.39 is 0 Å². The Balaban J connectivity index is 1.18. The molecule has 3 aromatic carbocycles. The Morgan fingerprint density at radius 3 is 2.52 bits per heavy atom. The first kappa shape index (κ1) is 30.6. The second kappa shape index (κ2) is 13.7. The van der Waals surface area contributed by atoms with Crippen LogP contribution in [-0.2, 0) is 11.2 Å². The molecule has 1 saturated heterocycles. The number of hydrogen-bond donors (Lipinski definition) is 2. The molecule has 3 atom stereocenters. The minimum atomic E-state index is -0.321. The van der Waals surface area contributed by atoms with Gasteiger partial charge in [0.15, 0.2) is 0 Å². The highest BCUT2D eigenvalue weighted by atomic mass is 35.5. The number of amides is 2. The summed E-state index contributed by atoms with van der Waals surface area (Å²) in [4.78, 5) is 33.8. The zero-order valence-corrected chi connectivity index (χ0v) is 26.6. The van der Waals surface area contributed by atoms with Crippen molar-refractivity contribution in [2.24, 2.45) is 11.8 Å². The molecular weight excluding hydrogens is 570 g/mol. The van der Waals surface area contributed by atoms with Crippen LogP contribution in [-0.4, -0.2) is 81.0 Å². The molecule has 3 aromatic rings. The maximum atomic E-state index is 14.6. The number of para-hydroxylation sites is 1. The summed E-state index contributed by atoms with van der Waals surface area (Å²) in [6.07, 6.45) is 3.49. The minimum absolute atomic E-state index is 0.105. The molecule has 8 heteroatoms. The van der Waals surface area contributed by atoms with E-state index in [0.717, 1.165) is 75.2 Å². The predicted octanol–water partition coefficient (Wildman–Crippen LogP) is 5.52. The molecular formula is C36H44ClN5O2. The lowest BCUT2D eigenvalue weighted by Crippen LogP contribution is -2.53. The summed E-state index contributed by atoms with van der Waals surface area (Å²) in [5.41, 5.74) is 5.33. The second-order valence-corrected chi connectivity index (χ2v) is 13.5. The summed E-state index contributed by atoms with van der Waals surface area (Å²) < 4.78 is 0. The molecule has 2 N–H and O–H groups in total. The first-order valence-electron chi connectivity index (χ1n) is 16.0. The van der Waals surface area contributed by atoms with Crippen LogP contribution in [0.5, 0.6) is 0 Å². The number of carbonyl (C=O) groups excluding carboxylic acids is 2. The SMILES string of the molecule is CN(C)CC1Cc2cc(Cl)ccc2N(C(=O)C(CC2CNc3ccccc32)NCC2CCN(C(=O)c3ccccc3)CC2)C1. The van der Waals surface area contributed by atoms with Crippen molar-refractivity contribution in [3.05, 3.63) is 94.5 Å². The van der Waals surface area contributed by atoms with E-state index in [9.17, 15) is 9.59 Å². The van der Waals surface area contributed by atoms with Crippen molar-refractivity contribution in [3.8, 4) is 0 Å². The smallest absolute Gasteiger partial charge is 0.253 e. The predicted molar refractivity (Wildman–Crippen MR) is 179 cm³/mol. The lowest BCUT2D eigenvalue weighted by molar-refractivity contribution is -0.121. The van der Waals surface area contributed by atoms with Crippen molar-refractivity contribution in [3.63, 3.8) is 0 Å². The standard InChI is InChI=1S/C36H44ClN5O2/c1-40(2)23-26-18-28-19-30(37)12-13-34(28)42(24-26)36(44)33(20-29-22-39-32-11-7-6-10-31(29)32)38-21-25-14-16-41(17-15-25)35(43)27-8-4-3-5-9-27/h3-13,19,25-26,29,33,38-39H,14-18,20-24H2,1-2H3. The molecule has 3 aliphatic rings. The largest absolute Gasteiger partial charge is 0.384 e. The van der Waals surface area contributed by atoms with Gasteiger partial charge in [-0.1, -0.05) is 48.0 Å². The first-order valence-corrected chi connectivity index (χ1v) is 16.4. The van der Waals surface area contributed by atoms with E-state index in [1.807, 2.05) is 58.3 Å². The van der Waals surface area contributed by atoms with Crippen LogP contribution in [0, 0.1) is 11.8 Å². The highest BCUT2D eigenvalue weighted by molar-refractivity contribution is 6.30. The van der Waals surface area contributed by atoms with Crippen LogP contribution in [0.4, 0.5) is 11.4 Å². The molecule has 0 bridgehead atoms. The number of nitrogens with zero attached hydrogens (tertiary/aromatic N) is 3. The van der Waals surface area contributed by atoms with Gasteiger partial charge in [-0.25, -0.2) is 0 Å². The summed E-state index contributed by atoms with van der Waals surface area (Å²) in [5, 5.41) is 8.02. The molecule has 0 saturated carbocycles. The third-order valence-electron chi connectivity index (χ3n) is 9.50. The fourth-order valence-electron chi connectivity index (χ4n) is 7.28. The lowest BCUT2D eigenvalue weighted by atomic mass is 9.89. The van der Waals surface area contributed by atoms with Gasteiger partial charge in [0.25, 0.3) is 5.91 Å². The van der Waals surface area contributed by atoms with Crippen LogP contribution in [0.25, 0.3) is 0 Å². The Kier molecular flexibility index (Phi) is 9.55. The molecule has 1 fully saturated rings. The topological polar surface area (TPSA) is 67.9 Å². The van der Waals surface area contributed by atoms with Crippen LogP contribution in [0.1, 0.15) is 46.7 Å². The molecule has 44 heavy (non-hydrogen) atoms. The summed E-state index contributed by atoms with van der Waals surface area (Å²) in [6.45, 7) is 4.68. The Hall–Kier alpha value is -3.39. The average molecular weight is 614 g/mol. The van der Waals surface area contributed by atoms with E-state index in [1.54, 1.807) is 0 Å². The summed E-state index contributed by atoms with van der Waals surface area (Å²) in [6, 6.07) is 23.6. The molecule has 232 valence electrons. The van der Waals surface area contributed by atoms with E-state index >= 15 is 0 Å². The van der Waals surface area contributed by atoms with Gasteiger partial charge in [0.05, 0.1) is 6.04 Å². The van der Waals surface area contributed by atoms with E-state index in [0.29, 0.717) is 23.4 Å². The zero-order chi connectivity index (χ0) is 30.6. The van der Waals surface area contributed by atoms with E-state index in [1.165, 1.54) is 11.3 Å². The summed E-state index contributed by atoms with van der Waals surface area (Å²) >= 11 is 6.42. The van der Waals surface area contributed by atoms with Gasteiger partial charge in [-0.2, -0.15) is 0 Å². The fraction of sp³-hybridized carbons (Fsp3) is 0.444. The molecule has 2 amide bonds. The molecule has 7 nitrogen and oxygen atoms in total. The fourth-order valence-corrected chi connectivity index (χ4v) is 7.48. The summed E-state index contributed by atoms with van der Waals surface area (Å²) in [7, 11) is 4.18. The Bertz CT molecular complexity index is 1460. The van der Waals surface area contributed by atoms with Gasteiger partial charge >= 0.3 is 0 Å². The molecule has 3 aliphatic heterocycles. The van der Waals surface area contributed by atoms with Crippen molar-refractivity contribution < 1.29 is 9.59 Å². The van der Waals surface area contributed by atoms with Gasteiger partial charge in [0, 0.05) is 60.6 Å². The molecule has 3 heterocycles. The minimum Gasteiger partial charge on any atom is -0.384 e. The zero-order valence-electron chi connectivity index (χ0n) is 25.8. The Morgan fingerprint density at radius 1 is 1.00 bits per heavy atom. The van der Waals surface area contributed by atoms with E-state index in [2.05, 4.69) is 53.9 Å². The Morgan fingerprint density at radius 2 is 1.75 bits per heavy atom. The van der Waals surface area contributed by atoms with Crippen LogP contribution < -0.4 is 15.5 Å². The van der Waals surface area contributed by atoms with Gasteiger partial charge < -0.3 is 25.3 Å². The number of fused-ring (bicyclic) bond motifs is 2. The number of hydrogen-bond acceptors (Lipinski definition) is 5. The number of rotatable bonds is 9. The van der Waals surface area contributed by atoms with Crippen molar-refractivity contribution in [1.82, 2.24) is 15.1 Å². The molecule has 0 radical (unpaired) electrons. The highest BCUT2D eigenvalue weighted by Crippen LogP contribution is 2.37. The van der Waals surface area contributed by atoms with Gasteiger partial charge in [-0.05, 0) is 106 Å². The van der Waals surface area contributed by atoms with Gasteiger partial charge in [-0.15, -0.1) is 0 Å². The third-order valence-corrected chi connectivity index (χ3v) is 9.74. The van der Waals surface area contributed by atoms with Gasteiger partial charge in [-0.3, -0.25) is 9.59 Å². The summed E-state index contributed by atoms with van der Waals surface area (Å²) in [5.74, 6) is 1.24. The molecule has 0 aliphatic carbocycles. The second-order valence-electron chi connectivity index (χ2n) is 13.0. The van der Waals surface area contributed by atoms with Crippen LogP contribution in [0.15, 0.2) is 72.8 Å². The number of anilines is 2. The monoisotopic (exact) mass is 613 g/mol. The third kappa shape index (κ3) is 6.96. The number of carbonyl (C=O) groups is 2. The number of piperidine rings is 1. The van der Waals surface area contributed by atoms with Crippen molar-refractivity contribution in [2.45, 2.75) is 37.6 Å². The maximum absolute atomic E-state index is 14.6. The average Bonchev–Trinajstić information content (AvgIpc) is 3.45. The first-order chi connectivity index (χ1) is 21.4. The van der Waals surface area contributed by atoms with Gasteiger partial charge in [0.1, 0.15) is 0 Å². The van der Waals surface area contributed by atoms with Crippen molar-refractivity contribution >= 4 is 34.8 Å². The van der Waals surface area contributed by atoms with Crippen molar-refractivity contribution in [2.75, 3.05) is 63.6 Å². The lowest BCUT2D eigenvalue weighted by Gasteiger charge is -2.38. The molecule has 3 unspecified atom stereocenters. The number of likely N-dealkylation sites (tertiary alicyclic amines) is 1. The van der Waals surface area contributed by atoms with Crippen LogP contribution >= 0.6 is 11.6 Å².